The van der Waals surface area contributed by atoms with Crippen LogP contribution in [0.5, 0.6) is 0 Å². The topological polar surface area (TPSA) is 96.0 Å². The standard InChI is InChI=1S/C19H20ClN5O2S/c1-3-21-18-11-13(2)22-19(24-18)23-15-7-9-16(10-8-15)25-28(26,27)17-6-4-5-14(20)12-17/h4-12,25H,3H2,1-2H3,(H2,21,22,23,24). The van der Waals surface area contributed by atoms with Crippen LogP contribution in [0.2, 0.25) is 5.02 Å². The molecular formula is C19H20ClN5O2S. The molecule has 0 radical (unpaired) electrons. The van der Waals surface area contributed by atoms with Crippen LogP contribution in [-0.2, 0) is 10.0 Å². The average Bonchev–Trinajstić information content (AvgIpc) is 2.63. The third-order valence-electron chi connectivity index (χ3n) is 3.71. The molecular weight excluding hydrogens is 398 g/mol. The Balaban J connectivity index is 1.73. The van der Waals surface area contributed by atoms with E-state index in [1.807, 2.05) is 19.9 Å². The van der Waals surface area contributed by atoms with Crippen LogP contribution in [0.3, 0.4) is 0 Å². The van der Waals surface area contributed by atoms with Gasteiger partial charge in [-0.2, -0.15) is 4.98 Å². The SMILES string of the molecule is CCNc1cc(C)nc(Nc2ccc(NS(=O)(=O)c3cccc(Cl)c3)cc2)n1. The monoisotopic (exact) mass is 417 g/mol. The normalized spacial score (nSPS) is 11.1. The number of hydrogen-bond acceptors (Lipinski definition) is 6. The number of anilines is 4. The van der Waals surface area contributed by atoms with Crippen molar-refractivity contribution in [1.82, 2.24) is 9.97 Å². The highest BCUT2D eigenvalue weighted by molar-refractivity contribution is 7.92. The summed E-state index contributed by atoms with van der Waals surface area (Å²) in [5, 5.41) is 6.63. The summed E-state index contributed by atoms with van der Waals surface area (Å²) in [5.41, 5.74) is 2.00. The molecule has 0 aliphatic carbocycles. The molecule has 3 N–H and O–H groups in total. The summed E-state index contributed by atoms with van der Waals surface area (Å²) in [7, 11) is -3.71. The van der Waals surface area contributed by atoms with Crippen LogP contribution < -0.4 is 15.4 Å². The van der Waals surface area contributed by atoms with Gasteiger partial charge in [0.25, 0.3) is 10.0 Å². The molecule has 0 aliphatic rings. The fourth-order valence-corrected chi connectivity index (χ4v) is 3.85. The van der Waals surface area contributed by atoms with Gasteiger partial charge in [-0.3, -0.25) is 4.72 Å². The van der Waals surface area contributed by atoms with Crippen molar-refractivity contribution < 1.29 is 8.42 Å². The molecule has 0 spiro atoms. The van der Waals surface area contributed by atoms with Gasteiger partial charge < -0.3 is 10.6 Å². The van der Waals surface area contributed by atoms with Crippen LogP contribution >= 0.6 is 11.6 Å². The second-order valence-corrected chi connectivity index (χ2v) is 8.13. The van der Waals surface area contributed by atoms with Gasteiger partial charge in [-0.15, -0.1) is 0 Å². The highest BCUT2D eigenvalue weighted by Gasteiger charge is 2.14. The molecule has 0 saturated carbocycles. The van der Waals surface area contributed by atoms with Gasteiger partial charge in [0, 0.05) is 34.7 Å². The van der Waals surface area contributed by atoms with E-state index in [0.29, 0.717) is 16.7 Å². The third-order valence-corrected chi connectivity index (χ3v) is 5.33. The van der Waals surface area contributed by atoms with Gasteiger partial charge in [0.05, 0.1) is 4.90 Å². The smallest absolute Gasteiger partial charge is 0.261 e. The van der Waals surface area contributed by atoms with Gasteiger partial charge >= 0.3 is 0 Å². The third kappa shape index (κ3) is 5.11. The second-order valence-electron chi connectivity index (χ2n) is 6.01. The van der Waals surface area contributed by atoms with E-state index in [9.17, 15) is 8.42 Å². The molecule has 3 rings (SSSR count). The first-order valence-electron chi connectivity index (χ1n) is 8.61. The summed E-state index contributed by atoms with van der Waals surface area (Å²) >= 11 is 5.88. The van der Waals surface area contributed by atoms with Gasteiger partial charge in [0.1, 0.15) is 5.82 Å². The second kappa shape index (κ2) is 8.45. The van der Waals surface area contributed by atoms with Crippen molar-refractivity contribution in [2.24, 2.45) is 0 Å². The molecule has 0 fully saturated rings. The van der Waals surface area contributed by atoms with E-state index in [0.717, 1.165) is 23.7 Å². The van der Waals surface area contributed by atoms with E-state index in [1.54, 1.807) is 36.4 Å². The molecule has 1 aromatic heterocycles. The zero-order valence-electron chi connectivity index (χ0n) is 15.4. The average molecular weight is 418 g/mol. The largest absolute Gasteiger partial charge is 0.370 e. The van der Waals surface area contributed by atoms with Gasteiger partial charge in [-0.1, -0.05) is 17.7 Å². The molecule has 7 nitrogen and oxygen atoms in total. The van der Waals surface area contributed by atoms with Crippen molar-refractivity contribution >= 4 is 44.8 Å². The fraction of sp³-hybridized carbons (Fsp3) is 0.158. The van der Waals surface area contributed by atoms with Gasteiger partial charge in [-0.05, 0) is 56.3 Å². The molecule has 2 aromatic carbocycles. The van der Waals surface area contributed by atoms with Gasteiger partial charge in [0.2, 0.25) is 5.95 Å². The van der Waals surface area contributed by atoms with Crippen molar-refractivity contribution in [1.29, 1.82) is 0 Å². The van der Waals surface area contributed by atoms with Crippen LogP contribution in [0.15, 0.2) is 59.5 Å². The summed E-state index contributed by atoms with van der Waals surface area (Å²) < 4.78 is 27.4. The molecule has 0 bridgehead atoms. The zero-order valence-corrected chi connectivity index (χ0v) is 17.0. The van der Waals surface area contributed by atoms with Crippen LogP contribution in [0.4, 0.5) is 23.1 Å². The molecule has 0 unspecified atom stereocenters. The number of hydrogen-bond donors (Lipinski definition) is 3. The van der Waals surface area contributed by atoms with Crippen molar-refractivity contribution in [3.05, 3.63) is 65.3 Å². The van der Waals surface area contributed by atoms with Crippen molar-refractivity contribution in [3.8, 4) is 0 Å². The Bertz CT molecular complexity index is 1070. The van der Waals surface area contributed by atoms with E-state index in [2.05, 4.69) is 25.3 Å². The quantitative estimate of drug-likeness (QED) is 0.526. The van der Waals surface area contributed by atoms with Gasteiger partial charge in [0.15, 0.2) is 0 Å². The van der Waals surface area contributed by atoms with E-state index in [-0.39, 0.29) is 4.90 Å². The molecule has 0 saturated heterocycles. The predicted molar refractivity (Wildman–Crippen MR) is 113 cm³/mol. The van der Waals surface area contributed by atoms with Crippen LogP contribution in [0.1, 0.15) is 12.6 Å². The first kappa shape index (κ1) is 19.9. The molecule has 146 valence electrons. The maximum Gasteiger partial charge on any atom is 0.261 e. The lowest BCUT2D eigenvalue weighted by Gasteiger charge is -2.11. The van der Waals surface area contributed by atoms with Crippen molar-refractivity contribution in [2.75, 3.05) is 21.9 Å². The Hall–Kier alpha value is -2.84. The highest BCUT2D eigenvalue weighted by Crippen LogP contribution is 2.22. The predicted octanol–water partition coefficient (Wildman–Crippen LogP) is 4.41. The number of aryl methyl sites for hydroxylation is 1. The summed E-state index contributed by atoms with van der Waals surface area (Å²) in [6.45, 7) is 4.65. The zero-order chi connectivity index (χ0) is 20.1. The Morgan fingerprint density at radius 1 is 1.00 bits per heavy atom. The molecule has 3 aromatic rings. The highest BCUT2D eigenvalue weighted by atomic mass is 35.5. The molecule has 0 aliphatic heterocycles. The summed E-state index contributed by atoms with van der Waals surface area (Å²) in [6.07, 6.45) is 0. The molecule has 0 amide bonds. The van der Waals surface area contributed by atoms with E-state index >= 15 is 0 Å². The Kier molecular flexibility index (Phi) is 6.01. The number of halogens is 1. The number of sulfonamides is 1. The lowest BCUT2D eigenvalue weighted by molar-refractivity contribution is 0.601. The van der Waals surface area contributed by atoms with Gasteiger partial charge in [-0.25, -0.2) is 13.4 Å². The van der Waals surface area contributed by atoms with E-state index < -0.39 is 10.0 Å². The lowest BCUT2D eigenvalue weighted by atomic mass is 10.3. The summed E-state index contributed by atoms with van der Waals surface area (Å²) in [4.78, 5) is 8.85. The molecule has 9 heteroatoms. The van der Waals surface area contributed by atoms with E-state index in [1.165, 1.54) is 12.1 Å². The number of benzene rings is 2. The molecule has 1 heterocycles. The van der Waals surface area contributed by atoms with Crippen LogP contribution in [0.25, 0.3) is 0 Å². The number of rotatable bonds is 7. The minimum atomic E-state index is -3.71. The number of nitrogens with one attached hydrogen (secondary N) is 3. The number of nitrogens with zero attached hydrogens (tertiary/aromatic N) is 2. The van der Waals surface area contributed by atoms with E-state index in [4.69, 9.17) is 11.6 Å². The summed E-state index contributed by atoms with van der Waals surface area (Å²) in [5.74, 6) is 1.20. The molecule has 28 heavy (non-hydrogen) atoms. The van der Waals surface area contributed by atoms with Crippen molar-refractivity contribution in [3.63, 3.8) is 0 Å². The van der Waals surface area contributed by atoms with Crippen LogP contribution in [-0.4, -0.2) is 24.9 Å². The Morgan fingerprint density at radius 3 is 2.39 bits per heavy atom. The lowest BCUT2D eigenvalue weighted by Crippen LogP contribution is -2.12. The Labute approximate surface area is 169 Å². The van der Waals surface area contributed by atoms with Crippen molar-refractivity contribution in [2.45, 2.75) is 18.7 Å². The maximum absolute atomic E-state index is 12.5. The maximum atomic E-state index is 12.5. The Morgan fingerprint density at radius 2 is 1.71 bits per heavy atom. The first-order valence-corrected chi connectivity index (χ1v) is 10.5. The minimum absolute atomic E-state index is 0.103. The first-order chi connectivity index (χ1) is 13.4. The minimum Gasteiger partial charge on any atom is -0.370 e. The molecule has 0 atom stereocenters. The fourth-order valence-electron chi connectivity index (χ4n) is 2.50. The summed E-state index contributed by atoms with van der Waals surface area (Å²) in [6, 6.07) is 14.8. The van der Waals surface area contributed by atoms with Crippen LogP contribution in [0, 0.1) is 6.92 Å². The number of aromatic nitrogens is 2.